The van der Waals surface area contributed by atoms with Crippen LogP contribution in [-0.2, 0) is 0 Å². The summed E-state index contributed by atoms with van der Waals surface area (Å²) in [4.78, 5) is 16.0. The average Bonchev–Trinajstić information content (AvgIpc) is 2.16. The lowest BCUT2D eigenvalue weighted by Crippen LogP contribution is -2.10. The highest BCUT2D eigenvalue weighted by molar-refractivity contribution is 5.95. The second-order valence-corrected chi connectivity index (χ2v) is 4.12. The quantitative estimate of drug-likeness (QED) is 0.687. The molecule has 0 radical (unpaired) electrons. The zero-order chi connectivity index (χ0) is 10.7. The van der Waals surface area contributed by atoms with Crippen LogP contribution < -0.4 is 0 Å². The van der Waals surface area contributed by atoms with Crippen molar-refractivity contribution < 1.29 is 4.79 Å². The maximum atomic E-state index is 11.7. The van der Waals surface area contributed by atoms with Crippen LogP contribution in [-0.4, -0.2) is 10.8 Å². The van der Waals surface area contributed by atoms with Gasteiger partial charge in [0.25, 0.3) is 0 Å². The van der Waals surface area contributed by atoms with Crippen molar-refractivity contribution in [2.45, 2.75) is 33.6 Å². The van der Waals surface area contributed by atoms with Crippen molar-refractivity contribution in [2.24, 2.45) is 5.92 Å². The van der Waals surface area contributed by atoms with E-state index in [1.54, 1.807) is 6.07 Å². The molecule has 1 aromatic rings. The van der Waals surface area contributed by atoms with Crippen molar-refractivity contribution in [3.05, 3.63) is 29.6 Å². The van der Waals surface area contributed by atoms with Crippen molar-refractivity contribution in [3.8, 4) is 0 Å². The third-order valence-electron chi connectivity index (χ3n) is 2.14. The Morgan fingerprint density at radius 2 is 1.86 bits per heavy atom. The summed E-state index contributed by atoms with van der Waals surface area (Å²) in [5.41, 5.74) is 1.57. The van der Waals surface area contributed by atoms with Gasteiger partial charge in [0.15, 0.2) is 5.78 Å². The number of hydrogen-bond acceptors (Lipinski definition) is 2. The summed E-state index contributed by atoms with van der Waals surface area (Å²) in [7, 11) is 0. The molecule has 2 heteroatoms. The summed E-state index contributed by atoms with van der Waals surface area (Å²) in [6, 6.07) is 5.65. The maximum absolute atomic E-state index is 11.7. The van der Waals surface area contributed by atoms with Crippen molar-refractivity contribution in [3.63, 3.8) is 0 Å². The fourth-order valence-corrected chi connectivity index (χ4v) is 1.21. The van der Waals surface area contributed by atoms with E-state index in [0.29, 0.717) is 11.6 Å². The normalized spacial score (nSPS) is 11.0. The third-order valence-corrected chi connectivity index (χ3v) is 2.14. The van der Waals surface area contributed by atoms with E-state index in [0.717, 1.165) is 5.69 Å². The molecule has 1 aromatic heterocycles. The highest BCUT2D eigenvalue weighted by Gasteiger charge is 2.12. The molecule has 0 unspecified atom stereocenters. The molecule has 0 amide bonds. The topological polar surface area (TPSA) is 30.0 Å². The van der Waals surface area contributed by atoms with E-state index in [1.807, 2.05) is 26.0 Å². The lowest BCUT2D eigenvalue weighted by molar-refractivity contribution is 0.0934. The number of carbonyl (C=O) groups excluding carboxylic acids is 1. The van der Waals surface area contributed by atoms with E-state index in [4.69, 9.17) is 0 Å². The van der Waals surface area contributed by atoms with Crippen molar-refractivity contribution in [2.75, 3.05) is 0 Å². The van der Waals surface area contributed by atoms with E-state index in [-0.39, 0.29) is 11.7 Å². The summed E-state index contributed by atoms with van der Waals surface area (Å²) < 4.78 is 0. The molecule has 2 nitrogen and oxygen atoms in total. The van der Waals surface area contributed by atoms with Gasteiger partial charge in [0, 0.05) is 11.6 Å². The molecule has 0 aliphatic rings. The number of nitrogens with zero attached hydrogens (tertiary/aromatic N) is 1. The minimum absolute atomic E-state index is 0.0184. The van der Waals surface area contributed by atoms with Crippen LogP contribution in [0.4, 0.5) is 0 Å². The summed E-state index contributed by atoms with van der Waals surface area (Å²) in [5, 5.41) is 0. The molecular weight excluding hydrogens is 174 g/mol. The van der Waals surface area contributed by atoms with Crippen molar-refractivity contribution >= 4 is 5.78 Å². The molecule has 0 bridgehead atoms. The SMILES string of the molecule is CC(C)C(=O)c1cccc(C(C)C)n1. The summed E-state index contributed by atoms with van der Waals surface area (Å²) in [6.07, 6.45) is 0. The predicted octanol–water partition coefficient (Wildman–Crippen LogP) is 3.04. The number of hydrogen-bond donors (Lipinski definition) is 0. The smallest absolute Gasteiger partial charge is 0.183 e. The Hall–Kier alpha value is -1.18. The van der Waals surface area contributed by atoms with Gasteiger partial charge in [-0.1, -0.05) is 33.8 Å². The minimum atomic E-state index is 0.0184. The van der Waals surface area contributed by atoms with Crippen LogP contribution >= 0.6 is 0 Å². The standard InChI is InChI=1S/C12H17NO/c1-8(2)10-6-5-7-11(13-10)12(14)9(3)4/h5-9H,1-4H3. The highest BCUT2D eigenvalue weighted by Crippen LogP contribution is 2.13. The molecule has 0 N–H and O–H groups in total. The molecule has 1 heterocycles. The van der Waals surface area contributed by atoms with Gasteiger partial charge >= 0.3 is 0 Å². The van der Waals surface area contributed by atoms with Crippen LogP contribution in [0.1, 0.15) is 49.8 Å². The summed E-state index contributed by atoms with van der Waals surface area (Å²) in [5.74, 6) is 0.507. The third kappa shape index (κ3) is 2.41. The molecule has 0 aromatic carbocycles. The van der Waals surface area contributed by atoms with Gasteiger partial charge in [-0.3, -0.25) is 4.79 Å². The second kappa shape index (κ2) is 4.36. The van der Waals surface area contributed by atoms with Gasteiger partial charge in [-0.25, -0.2) is 4.98 Å². The highest BCUT2D eigenvalue weighted by atomic mass is 16.1. The van der Waals surface area contributed by atoms with Crippen LogP contribution in [0.25, 0.3) is 0 Å². The molecule has 0 fully saturated rings. The number of carbonyl (C=O) groups is 1. The fourth-order valence-electron chi connectivity index (χ4n) is 1.21. The summed E-state index contributed by atoms with van der Waals surface area (Å²) in [6.45, 7) is 7.94. The molecular formula is C12H17NO. The monoisotopic (exact) mass is 191 g/mol. The van der Waals surface area contributed by atoms with Crippen LogP contribution in [0.15, 0.2) is 18.2 Å². The molecule has 0 aliphatic heterocycles. The van der Waals surface area contributed by atoms with E-state index in [9.17, 15) is 4.79 Å². The Kier molecular flexibility index (Phi) is 3.39. The Morgan fingerprint density at radius 1 is 1.21 bits per heavy atom. The first kappa shape index (κ1) is 10.9. The largest absolute Gasteiger partial charge is 0.292 e. The number of pyridine rings is 1. The molecule has 0 aliphatic carbocycles. The lowest BCUT2D eigenvalue weighted by atomic mass is 10.0. The Balaban J connectivity index is 3.00. The minimum Gasteiger partial charge on any atom is -0.292 e. The van der Waals surface area contributed by atoms with Gasteiger partial charge in [-0.05, 0) is 18.1 Å². The zero-order valence-electron chi connectivity index (χ0n) is 9.24. The second-order valence-electron chi connectivity index (χ2n) is 4.12. The van der Waals surface area contributed by atoms with E-state index in [2.05, 4.69) is 18.8 Å². The van der Waals surface area contributed by atoms with E-state index < -0.39 is 0 Å². The molecule has 1 rings (SSSR count). The molecule has 14 heavy (non-hydrogen) atoms. The van der Waals surface area contributed by atoms with Crippen LogP contribution in [0.3, 0.4) is 0 Å². The molecule has 0 saturated heterocycles. The van der Waals surface area contributed by atoms with E-state index >= 15 is 0 Å². The Morgan fingerprint density at radius 3 is 2.36 bits per heavy atom. The maximum Gasteiger partial charge on any atom is 0.183 e. The lowest BCUT2D eigenvalue weighted by Gasteiger charge is -2.07. The first-order chi connectivity index (χ1) is 6.52. The van der Waals surface area contributed by atoms with Gasteiger partial charge in [-0.2, -0.15) is 0 Å². The van der Waals surface area contributed by atoms with Gasteiger partial charge < -0.3 is 0 Å². The van der Waals surface area contributed by atoms with E-state index in [1.165, 1.54) is 0 Å². The van der Waals surface area contributed by atoms with Crippen molar-refractivity contribution in [1.82, 2.24) is 4.98 Å². The first-order valence-corrected chi connectivity index (χ1v) is 5.03. The Labute approximate surface area is 85.4 Å². The zero-order valence-corrected chi connectivity index (χ0v) is 9.24. The van der Waals surface area contributed by atoms with Gasteiger partial charge in [0.2, 0.25) is 0 Å². The van der Waals surface area contributed by atoms with Crippen LogP contribution in [0.5, 0.6) is 0 Å². The predicted molar refractivity (Wildman–Crippen MR) is 57.5 cm³/mol. The molecule has 0 saturated carbocycles. The molecule has 76 valence electrons. The van der Waals surface area contributed by atoms with Crippen LogP contribution in [0.2, 0.25) is 0 Å². The molecule has 0 spiro atoms. The van der Waals surface area contributed by atoms with Gasteiger partial charge in [0.1, 0.15) is 5.69 Å². The fraction of sp³-hybridized carbons (Fsp3) is 0.500. The molecule has 0 atom stereocenters. The average molecular weight is 191 g/mol. The number of rotatable bonds is 3. The first-order valence-electron chi connectivity index (χ1n) is 5.03. The summed E-state index contributed by atoms with van der Waals surface area (Å²) >= 11 is 0. The Bertz CT molecular complexity index is 329. The number of ketones is 1. The van der Waals surface area contributed by atoms with Crippen molar-refractivity contribution in [1.29, 1.82) is 0 Å². The van der Waals surface area contributed by atoms with Gasteiger partial charge in [-0.15, -0.1) is 0 Å². The number of Topliss-reactive ketones (excluding diaryl/α,β-unsaturated/α-hetero) is 1. The van der Waals surface area contributed by atoms with Gasteiger partial charge in [0.05, 0.1) is 0 Å². The number of aromatic nitrogens is 1. The van der Waals surface area contributed by atoms with Crippen LogP contribution in [0, 0.1) is 5.92 Å².